The molecule has 1 aromatic rings. The van der Waals surface area contributed by atoms with E-state index in [9.17, 15) is 8.42 Å². The van der Waals surface area contributed by atoms with Crippen LogP contribution in [0.4, 0.5) is 0 Å². The first kappa shape index (κ1) is 12.2. The lowest BCUT2D eigenvalue weighted by Crippen LogP contribution is -2.32. The molecular formula is C9H16N2O3S. The predicted molar refractivity (Wildman–Crippen MR) is 57.9 cm³/mol. The highest BCUT2D eigenvalue weighted by Gasteiger charge is 2.03. The number of rotatable bonds is 7. The Labute approximate surface area is 89.9 Å². The molecule has 0 bridgehead atoms. The number of hydrogen-bond acceptors (Lipinski definition) is 4. The van der Waals surface area contributed by atoms with Crippen molar-refractivity contribution >= 4 is 10.0 Å². The van der Waals surface area contributed by atoms with E-state index in [4.69, 9.17) is 4.42 Å². The summed E-state index contributed by atoms with van der Waals surface area (Å²) in [6, 6.07) is 1.86. The second-order valence-corrected chi connectivity index (χ2v) is 5.20. The van der Waals surface area contributed by atoms with Gasteiger partial charge in [0.2, 0.25) is 10.0 Å². The van der Waals surface area contributed by atoms with Gasteiger partial charge in [-0.15, -0.1) is 0 Å². The van der Waals surface area contributed by atoms with Crippen molar-refractivity contribution < 1.29 is 12.8 Å². The molecular weight excluding hydrogens is 216 g/mol. The van der Waals surface area contributed by atoms with Gasteiger partial charge in [-0.3, -0.25) is 0 Å². The molecule has 0 aliphatic heterocycles. The number of furan rings is 1. The normalized spacial score (nSPS) is 11.8. The number of hydrogen-bond donors (Lipinski definition) is 2. The fourth-order valence-electron chi connectivity index (χ4n) is 1.02. The summed E-state index contributed by atoms with van der Waals surface area (Å²) < 4.78 is 29.4. The van der Waals surface area contributed by atoms with Gasteiger partial charge in [0.15, 0.2) is 0 Å². The Morgan fingerprint density at radius 1 is 1.40 bits per heavy atom. The Balaban J connectivity index is 2.08. The van der Waals surface area contributed by atoms with Crippen LogP contribution in [0.15, 0.2) is 23.0 Å². The van der Waals surface area contributed by atoms with E-state index in [0.717, 1.165) is 5.56 Å². The molecule has 0 spiro atoms. The summed E-state index contributed by atoms with van der Waals surface area (Å²) in [4.78, 5) is 0. The molecule has 0 radical (unpaired) electrons. The Hall–Kier alpha value is -0.850. The van der Waals surface area contributed by atoms with Crippen molar-refractivity contribution in [2.24, 2.45) is 0 Å². The lowest BCUT2D eigenvalue weighted by molar-refractivity contribution is 0.558. The van der Waals surface area contributed by atoms with Crippen LogP contribution in [0.5, 0.6) is 0 Å². The highest BCUT2D eigenvalue weighted by atomic mass is 32.2. The molecule has 0 atom stereocenters. The first-order valence-electron chi connectivity index (χ1n) is 4.83. The van der Waals surface area contributed by atoms with Gasteiger partial charge in [0, 0.05) is 25.2 Å². The molecule has 15 heavy (non-hydrogen) atoms. The van der Waals surface area contributed by atoms with Crippen LogP contribution in [-0.2, 0) is 16.6 Å². The maximum Gasteiger partial charge on any atom is 0.211 e. The summed E-state index contributed by atoms with van der Waals surface area (Å²) in [5, 5.41) is 3.10. The minimum Gasteiger partial charge on any atom is -0.472 e. The van der Waals surface area contributed by atoms with Crippen LogP contribution in [0.3, 0.4) is 0 Å². The van der Waals surface area contributed by atoms with Crippen LogP contribution in [0.25, 0.3) is 0 Å². The van der Waals surface area contributed by atoms with Crippen LogP contribution in [0, 0.1) is 0 Å². The lowest BCUT2D eigenvalue weighted by Gasteiger charge is -2.04. The van der Waals surface area contributed by atoms with Crippen molar-refractivity contribution in [3.63, 3.8) is 0 Å². The molecule has 0 amide bonds. The SMILES string of the molecule is CCS(=O)(=O)NCCNCc1ccoc1. The van der Waals surface area contributed by atoms with Crippen molar-refractivity contribution in [3.8, 4) is 0 Å². The first-order valence-corrected chi connectivity index (χ1v) is 6.48. The van der Waals surface area contributed by atoms with Gasteiger partial charge in [-0.05, 0) is 13.0 Å². The highest BCUT2D eigenvalue weighted by Crippen LogP contribution is 1.97. The average Bonchev–Trinajstić information content (AvgIpc) is 2.70. The summed E-state index contributed by atoms with van der Waals surface area (Å²) in [5.74, 6) is 0.120. The molecule has 1 aromatic heterocycles. The monoisotopic (exact) mass is 232 g/mol. The predicted octanol–water partition coefficient (Wildman–Crippen LogP) is 0.309. The molecule has 0 fully saturated rings. The Morgan fingerprint density at radius 2 is 2.20 bits per heavy atom. The van der Waals surface area contributed by atoms with Crippen LogP contribution >= 0.6 is 0 Å². The van der Waals surface area contributed by atoms with E-state index in [1.807, 2.05) is 6.07 Å². The number of nitrogens with one attached hydrogen (secondary N) is 2. The first-order chi connectivity index (χ1) is 7.14. The van der Waals surface area contributed by atoms with E-state index in [1.165, 1.54) is 0 Å². The van der Waals surface area contributed by atoms with E-state index >= 15 is 0 Å². The van der Waals surface area contributed by atoms with E-state index < -0.39 is 10.0 Å². The second kappa shape index (κ2) is 5.89. The highest BCUT2D eigenvalue weighted by molar-refractivity contribution is 7.89. The molecule has 1 rings (SSSR count). The summed E-state index contributed by atoms with van der Waals surface area (Å²) in [6.45, 7) is 3.31. The molecule has 0 saturated heterocycles. The topological polar surface area (TPSA) is 71.3 Å². The largest absolute Gasteiger partial charge is 0.472 e. The molecule has 0 aliphatic carbocycles. The summed E-state index contributed by atoms with van der Waals surface area (Å²) in [5.41, 5.74) is 1.05. The summed E-state index contributed by atoms with van der Waals surface area (Å²) in [6.07, 6.45) is 3.26. The fraction of sp³-hybridized carbons (Fsp3) is 0.556. The zero-order valence-electron chi connectivity index (χ0n) is 8.69. The molecule has 5 nitrogen and oxygen atoms in total. The maximum absolute atomic E-state index is 11.0. The Bertz CT molecular complexity index is 359. The Kier molecular flexibility index (Phi) is 4.80. The van der Waals surface area contributed by atoms with Crippen LogP contribution in [0.1, 0.15) is 12.5 Å². The van der Waals surface area contributed by atoms with Crippen LogP contribution in [0.2, 0.25) is 0 Å². The van der Waals surface area contributed by atoms with Gasteiger partial charge in [-0.1, -0.05) is 0 Å². The van der Waals surface area contributed by atoms with Crippen LogP contribution in [-0.4, -0.2) is 27.3 Å². The maximum atomic E-state index is 11.0. The molecule has 6 heteroatoms. The van der Waals surface area contributed by atoms with Gasteiger partial charge >= 0.3 is 0 Å². The third-order valence-electron chi connectivity index (χ3n) is 1.91. The lowest BCUT2D eigenvalue weighted by atomic mass is 10.3. The van der Waals surface area contributed by atoms with Gasteiger partial charge in [0.05, 0.1) is 18.3 Å². The van der Waals surface area contributed by atoms with Crippen molar-refractivity contribution in [1.29, 1.82) is 0 Å². The molecule has 1 heterocycles. The minimum absolute atomic E-state index is 0.120. The summed E-state index contributed by atoms with van der Waals surface area (Å²) >= 11 is 0. The third kappa shape index (κ3) is 4.96. The van der Waals surface area contributed by atoms with Gasteiger partial charge in [0.1, 0.15) is 0 Å². The zero-order valence-corrected chi connectivity index (χ0v) is 9.51. The molecule has 0 unspecified atom stereocenters. The second-order valence-electron chi connectivity index (χ2n) is 3.11. The van der Waals surface area contributed by atoms with Crippen molar-refractivity contribution in [1.82, 2.24) is 10.0 Å². The molecule has 86 valence electrons. The van der Waals surface area contributed by atoms with Crippen LogP contribution < -0.4 is 10.0 Å². The van der Waals surface area contributed by atoms with Gasteiger partial charge < -0.3 is 9.73 Å². The van der Waals surface area contributed by atoms with Gasteiger partial charge in [0.25, 0.3) is 0 Å². The van der Waals surface area contributed by atoms with Crippen molar-refractivity contribution in [2.75, 3.05) is 18.8 Å². The van der Waals surface area contributed by atoms with E-state index in [-0.39, 0.29) is 5.75 Å². The standard InChI is InChI=1S/C9H16N2O3S/c1-2-15(12,13)11-5-4-10-7-9-3-6-14-8-9/h3,6,8,10-11H,2,4-5,7H2,1H3. The van der Waals surface area contributed by atoms with Gasteiger partial charge in [-0.25, -0.2) is 13.1 Å². The molecule has 0 saturated carbocycles. The zero-order chi connectivity index (χ0) is 11.1. The quantitative estimate of drug-likeness (QED) is 0.664. The van der Waals surface area contributed by atoms with Crippen molar-refractivity contribution in [3.05, 3.63) is 24.2 Å². The summed E-state index contributed by atoms with van der Waals surface area (Å²) in [7, 11) is -3.06. The molecule has 0 aliphatic rings. The molecule has 2 N–H and O–H groups in total. The smallest absolute Gasteiger partial charge is 0.211 e. The van der Waals surface area contributed by atoms with E-state index in [2.05, 4.69) is 10.0 Å². The van der Waals surface area contributed by atoms with E-state index in [1.54, 1.807) is 19.5 Å². The van der Waals surface area contributed by atoms with E-state index in [0.29, 0.717) is 19.6 Å². The number of sulfonamides is 1. The Morgan fingerprint density at radius 3 is 2.80 bits per heavy atom. The van der Waals surface area contributed by atoms with Gasteiger partial charge in [-0.2, -0.15) is 0 Å². The minimum atomic E-state index is -3.06. The van der Waals surface area contributed by atoms with Crippen molar-refractivity contribution in [2.45, 2.75) is 13.5 Å². The third-order valence-corrected chi connectivity index (χ3v) is 3.32. The fourth-order valence-corrected chi connectivity index (χ4v) is 1.64. The molecule has 0 aromatic carbocycles. The average molecular weight is 232 g/mol.